The van der Waals surface area contributed by atoms with Gasteiger partial charge in [0, 0.05) is 35.8 Å². The summed E-state index contributed by atoms with van der Waals surface area (Å²) in [5.74, 6) is 0. The Hall–Kier alpha value is 0.234. The van der Waals surface area contributed by atoms with Gasteiger partial charge in [0.15, 0.2) is 0 Å². The highest BCUT2D eigenvalue weighted by atomic mass is 28.3. The van der Waals surface area contributed by atoms with Gasteiger partial charge in [-0.05, 0) is 6.42 Å². The molecule has 0 heterocycles. The predicted molar refractivity (Wildman–Crippen MR) is 107 cm³/mol. The summed E-state index contributed by atoms with van der Waals surface area (Å²) in [7, 11) is -2.00. The normalized spacial score (nSPS) is 14.1. The van der Waals surface area contributed by atoms with Crippen molar-refractivity contribution >= 4 is 16.1 Å². The largest absolute Gasteiger partial charge is 0.394 e. The van der Waals surface area contributed by atoms with Crippen molar-refractivity contribution in [2.75, 3.05) is 46.1 Å². The fraction of sp³-hybridized carbons (Fsp3) is 1.00. The van der Waals surface area contributed by atoms with Crippen LogP contribution in [0.1, 0.15) is 6.42 Å². The number of nitrogens with one attached hydrogen (secondary N) is 1. The molecule has 0 bridgehead atoms. The van der Waals surface area contributed by atoms with Crippen molar-refractivity contribution in [1.29, 1.82) is 0 Å². The first kappa shape index (κ1) is 24.2. The molecule has 0 radical (unpaired) electrons. The second-order valence-corrected chi connectivity index (χ2v) is 19.5. The van der Waals surface area contributed by atoms with Gasteiger partial charge in [-0.15, -0.1) is 0 Å². The highest BCUT2D eigenvalue weighted by molar-refractivity contribution is 6.82. The minimum absolute atomic E-state index is 0.0499. The van der Waals surface area contributed by atoms with Crippen LogP contribution in [0.5, 0.6) is 0 Å². The zero-order chi connectivity index (χ0) is 18.5. The van der Waals surface area contributed by atoms with Crippen LogP contribution < -0.4 is 5.32 Å². The molecule has 0 aliphatic rings. The SMILES string of the molecule is C[Si](C)(C)CC[Si](C)(C)CCCOCC(O)CNCCOCCO. The molecule has 0 aromatic rings. The molecule has 3 N–H and O–H groups in total. The van der Waals surface area contributed by atoms with E-state index in [0.29, 0.717) is 32.9 Å². The average molecular weight is 380 g/mol. The summed E-state index contributed by atoms with van der Waals surface area (Å²) < 4.78 is 10.7. The molecular weight excluding hydrogens is 338 g/mol. The Morgan fingerprint density at radius 1 is 0.917 bits per heavy atom. The van der Waals surface area contributed by atoms with E-state index in [1.165, 1.54) is 18.1 Å². The fourth-order valence-electron chi connectivity index (χ4n) is 2.35. The van der Waals surface area contributed by atoms with Crippen molar-refractivity contribution in [2.45, 2.75) is 63.4 Å². The second kappa shape index (κ2) is 13.4. The van der Waals surface area contributed by atoms with Gasteiger partial charge in [0.25, 0.3) is 0 Å². The van der Waals surface area contributed by atoms with E-state index in [4.69, 9.17) is 14.6 Å². The molecule has 0 rings (SSSR count). The Balaban J connectivity index is 3.53. The molecule has 0 saturated carbocycles. The van der Waals surface area contributed by atoms with Gasteiger partial charge in [-0.1, -0.05) is 50.9 Å². The molecule has 1 unspecified atom stereocenters. The number of rotatable bonds is 16. The van der Waals surface area contributed by atoms with Gasteiger partial charge in [0.05, 0.1) is 32.5 Å². The van der Waals surface area contributed by atoms with Crippen molar-refractivity contribution in [2.24, 2.45) is 0 Å². The number of aliphatic hydroxyl groups excluding tert-OH is 2. The van der Waals surface area contributed by atoms with Gasteiger partial charge in [-0.3, -0.25) is 0 Å². The number of aliphatic hydroxyl groups is 2. The van der Waals surface area contributed by atoms with E-state index in [1.807, 2.05) is 0 Å². The van der Waals surface area contributed by atoms with Gasteiger partial charge < -0.3 is 25.0 Å². The molecule has 0 aromatic heterocycles. The summed E-state index contributed by atoms with van der Waals surface area (Å²) in [4.78, 5) is 0. The van der Waals surface area contributed by atoms with Crippen LogP contribution in [-0.4, -0.2) is 78.6 Å². The number of ether oxygens (including phenoxy) is 2. The summed E-state index contributed by atoms with van der Waals surface area (Å²) in [6.45, 7) is 15.6. The molecule has 0 saturated heterocycles. The Bertz CT molecular complexity index is 299. The molecule has 0 amide bonds. The first-order valence-corrected chi connectivity index (χ1v) is 16.4. The average Bonchev–Trinajstić information content (AvgIpc) is 2.48. The van der Waals surface area contributed by atoms with Crippen LogP contribution in [0.25, 0.3) is 0 Å². The maximum absolute atomic E-state index is 9.83. The lowest BCUT2D eigenvalue weighted by molar-refractivity contribution is 0.0353. The lowest BCUT2D eigenvalue weighted by Gasteiger charge is -2.26. The molecule has 146 valence electrons. The second-order valence-electron chi connectivity index (χ2n) is 8.60. The Morgan fingerprint density at radius 3 is 2.25 bits per heavy atom. The molecule has 0 spiro atoms. The van der Waals surface area contributed by atoms with Gasteiger partial charge in [0.2, 0.25) is 0 Å². The van der Waals surface area contributed by atoms with Crippen molar-refractivity contribution in [1.82, 2.24) is 5.32 Å². The third kappa shape index (κ3) is 17.1. The van der Waals surface area contributed by atoms with Crippen molar-refractivity contribution in [3.63, 3.8) is 0 Å². The Morgan fingerprint density at radius 2 is 1.62 bits per heavy atom. The topological polar surface area (TPSA) is 71.0 Å². The van der Waals surface area contributed by atoms with E-state index in [9.17, 15) is 5.11 Å². The minimum atomic E-state index is -1.08. The van der Waals surface area contributed by atoms with Crippen molar-refractivity contribution in [3.8, 4) is 0 Å². The molecule has 0 aliphatic carbocycles. The number of hydrogen-bond donors (Lipinski definition) is 3. The van der Waals surface area contributed by atoms with E-state index >= 15 is 0 Å². The molecule has 0 aromatic carbocycles. The van der Waals surface area contributed by atoms with Crippen LogP contribution in [0.3, 0.4) is 0 Å². The van der Waals surface area contributed by atoms with E-state index in [-0.39, 0.29) is 6.61 Å². The van der Waals surface area contributed by atoms with E-state index in [1.54, 1.807) is 0 Å². The zero-order valence-electron chi connectivity index (χ0n) is 16.6. The van der Waals surface area contributed by atoms with Crippen LogP contribution >= 0.6 is 0 Å². The Labute approximate surface area is 151 Å². The molecule has 0 fully saturated rings. The summed E-state index contributed by atoms with van der Waals surface area (Å²) in [5.41, 5.74) is 0. The standard InChI is InChI=1S/C17H41NO4Si2/c1-23(2,3)13-14-24(4,5)12-6-9-22-16-17(20)15-18-7-10-21-11-8-19/h17-20H,6-16H2,1-5H3. The quantitative estimate of drug-likeness (QED) is 0.284. The molecule has 0 aliphatic heterocycles. The molecular formula is C17H41NO4Si2. The van der Waals surface area contributed by atoms with Crippen LogP contribution in [0.2, 0.25) is 50.9 Å². The van der Waals surface area contributed by atoms with Crippen LogP contribution in [0, 0.1) is 0 Å². The van der Waals surface area contributed by atoms with Gasteiger partial charge >= 0.3 is 0 Å². The maximum atomic E-state index is 9.83. The lowest BCUT2D eigenvalue weighted by atomic mass is 10.4. The summed E-state index contributed by atoms with van der Waals surface area (Å²) in [5, 5.41) is 21.5. The maximum Gasteiger partial charge on any atom is 0.0897 e. The van der Waals surface area contributed by atoms with E-state index in [0.717, 1.165) is 13.0 Å². The first-order valence-electron chi connectivity index (χ1n) is 9.31. The van der Waals surface area contributed by atoms with Crippen LogP contribution in [0.15, 0.2) is 0 Å². The van der Waals surface area contributed by atoms with Crippen LogP contribution in [0.4, 0.5) is 0 Å². The number of hydrogen-bond acceptors (Lipinski definition) is 5. The smallest absolute Gasteiger partial charge is 0.0897 e. The fourth-order valence-corrected chi connectivity index (χ4v) is 9.41. The van der Waals surface area contributed by atoms with Gasteiger partial charge in [-0.25, -0.2) is 0 Å². The zero-order valence-corrected chi connectivity index (χ0v) is 18.6. The van der Waals surface area contributed by atoms with Gasteiger partial charge in [0.1, 0.15) is 0 Å². The van der Waals surface area contributed by atoms with Crippen molar-refractivity contribution in [3.05, 3.63) is 0 Å². The lowest BCUT2D eigenvalue weighted by Crippen LogP contribution is -2.33. The Kier molecular flexibility index (Phi) is 13.6. The van der Waals surface area contributed by atoms with E-state index in [2.05, 4.69) is 38.1 Å². The third-order valence-corrected chi connectivity index (χ3v) is 9.60. The third-order valence-electron chi connectivity index (χ3n) is 4.04. The molecule has 1 atom stereocenters. The summed E-state index contributed by atoms with van der Waals surface area (Å²) in [6, 6.07) is 4.20. The summed E-state index contributed by atoms with van der Waals surface area (Å²) >= 11 is 0. The first-order chi connectivity index (χ1) is 11.2. The molecule has 7 heteroatoms. The predicted octanol–water partition coefficient (Wildman–Crippen LogP) is 2.40. The van der Waals surface area contributed by atoms with Gasteiger partial charge in [-0.2, -0.15) is 0 Å². The van der Waals surface area contributed by atoms with Crippen LogP contribution in [-0.2, 0) is 9.47 Å². The van der Waals surface area contributed by atoms with E-state index < -0.39 is 22.3 Å². The highest BCUT2D eigenvalue weighted by Gasteiger charge is 2.23. The minimum Gasteiger partial charge on any atom is -0.394 e. The molecule has 24 heavy (non-hydrogen) atoms. The summed E-state index contributed by atoms with van der Waals surface area (Å²) in [6.07, 6.45) is 0.639. The highest BCUT2D eigenvalue weighted by Crippen LogP contribution is 2.24. The monoisotopic (exact) mass is 379 g/mol. The molecule has 5 nitrogen and oxygen atoms in total. The van der Waals surface area contributed by atoms with Crippen molar-refractivity contribution < 1.29 is 19.7 Å².